The summed E-state index contributed by atoms with van der Waals surface area (Å²) in [6, 6.07) is 12.0. The molecule has 0 saturated carbocycles. The van der Waals surface area contributed by atoms with Crippen LogP contribution in [-0.2, 0) is 0 Å². The lowest BCUT2D eigenvalue weighted by Crippen LogP contribution is -2.48. The summed E-state index contributed by atoms with van der Waals surface area (Å²) in [5.74, 6) is -0.0172. The fraction of sp³-hybridized carbons (Fsp3) is 0.250. The molecule has 26 heavy (non-hydrogen) atoms. The first-order valence-corrected chi connectivity index (χ1v) is 9.55. The van der Waals surface area contributed by atoms with Gasteiger partial charge in [0, 0.05) is 43.0 Å². The molecule has 3 aromatic rings. The van der Waals surface area contributed by atoms with Crippen molar-refractivity contribution in [2.75, 3.05) is 19.6 Å². The Labute approximate surface area is 156 Å². The molecule has 2 aromatic heterocycles. The minimum absolute atomic E-state index is 0.0172. The number of nitrogens with one attached hydrogen (secondary N) is 1. The van der Waals surface area contributed by atoms with Crippen LogP contribution in [0.2, 0.25) is 0 Å². The van der Waals surface area contributed by atoms with Gasteiger partial charge in [0.15, 0.2) is 0 Å². The van der Waals surface area contributed by atoms with Gasteiger partial charge in [-0.05, 0) is 24.1 Å². The highest BCUT2D eigenvalue weighted by atomic mass is 32.1. The van der Waals surface area contributed by atoms with Crippen molar-refractivity contribution in [3.05, 3.63) is 71.0 Å². The minimum atomic E-state index is -0.0199. The number of pyridine rings is 1. The Bertz CT molecular complexity index is 909. The summed E-state index contributed by atoms with van der Waals surface area (Å²) >= 11 is 1.52. The molecule has 1 unspecified atom stereocenters. The van der Waals surface area contributed by atoms with Crippen LogP contribution in [0.5, 0.6) is 0 Å². The summed E-state index contributed by atoms with van der Waals surface area (Å²) < 4.78 is 0. The number of aryl methyl sites for hydroxylation is 1. The van der Waals surface area contributed by atoms with Crippen LogP contribution in [0, 0.1) is 6.92 Å². The molecule has 1 aromatic carbocycles. The van der Waals surface area contributed by atoms with E-state index in [2.05, 4.69) is 28.3 Å². The molecular formula is C20H20N4OS. The fourth-order valence-electron chi connectivity index (χ4n) is 3.27. The maximum absolute atomic E-state index is 13.1. The lowest BCUT2D eigenvalue weighted by Gasteiger charge is -2.36. The molecule has 6 heteroatoms. The van der Waals surface area contributed by atoms with Crippen LogP contribution < -0.4 is 5.32 Å². The summed E-state index contributed by atoms with van der Waals surface area (Å²) in [6.45, 7) is 4.24. The SMILES string of the molecule is Cc1ccccc1-c1nc(C(=O)N2CCNCC2c2cccnc2)cs1. The second kappa shape index (κ2) is 7.35. The maximum Gasteiger partial charge on any atom is 0.273 e. The van der Waals surface area contributed by atoms with E-state index in [0.29, 0.717) is 12.2 Å². The number of rotatable bonds is 3. The number of carbonyl (C=O) groups excluding carboxylic acids is 1. The monoisotopic (exact) mass is 364 g/mol. The first-order chi connectivity index (χ1) is 12.7. The number of benzene rings is 1. The van der Waals surface area contributed by atoms with E-state index in [4.69, 9.17) is 0 Å². The van der Waals surface area contributed by atoms with E-state index < -0.39 is 0 Å². The Hall–Kier alpha value is -2.57. The van der Waals surface area contributed by atoms with Crippen molar-refractivity contribution in [3.8, 4) is 10.6 Å². The Kier molecular flexibility index (Phi) is 4.77. The molecule has 3 heterocycles. The lowest BCUT2D eigenvalue weighted by atomic mass is 10.0. The summed E-state index contributed by atoms with van der Waals surface area (Å²) in [6.07, 6.45) is 3.58. The average Bonchev–Trinajstić information content (AvgIpc) is 3.18. The average molecular weight is 364 g/mol. The van der Waals surface area contributed by atoms with Crippen LogP contribution in [0.4, 0.5) is 0 Å². The zero-order valence-corrected chi connectivity index (χ0v) is 15.4. The van der Waals surface area contributed by atoms with E-state index in [1.807, 2.05) is 46.8 Å². The highest BCUT2D eigenvalue weighted by molar-refractivity contribution is 7.13. The van der Waals surface area contributed by atoms with Crippen molar-refractivity contribution in [1.82, 2.24) is 20.2 Å². The second-order valence-corrected chi connectivity index (χ2v) is 7.22. The molecule has 0 bridgehead atoms. The standard InChI is InChI=1S/C20H20N4OS/c1-14-5-2-3-7-16(14)19-23-17(13-26-19)20(25)24-10-9-22-12-18(24)15-6-4-8-21-11-15/h2-8,11,13,18,22H,9-10,12H2,1H3. The molecule has 1 amide bonds. The van der Waals surface area contributed by atoms with Gasteiger partial charge in [0.1, 0.15) is 10.7 Å². The van der Waals surface area contributed by atoms with Gasteiger partial charge >= 0.3 is 0 Å². The topological polar surface area (TPSA) is 58.1 Å². The highest BCUT2D eigenvalue weighted by Gasteiger charge is 2.30. The fourth-order valence-corrected chi connectivity index (χ4v) is 4.16. The number of piperazine rings is 1. The van der Waals surface area contributed by atoms with E-state index >= 15 is 0 Å². The lowest BCUT2D eigenvalue weighted by molar-refractivity contribution is 0.0629. The van der Waals surface area contributed by atoms with E-state index in [-0.39, 0.29) is 11.9 Å². The van der Waals surface area contributed by atoms with Crippen molar-refractivity contribution in [1.29, 1.82) is 0 Å². The van der Waals surface area contributed by atoms with Gasteiger partial charge in [-0.15, -0.1) is 11.3 Å². The van der Waals surface area contributed by atoms with Gasteiger partial charge in [-0.25, -0.2) is 4.98 Å². The van der Waals surface area contributed by atoms with Crippen molar-refractivity contribution in [2.24, 2.45) is 0 Å². The molecule has 1 atom stereocenters. The molecule has 1 aliphatic rings. The van der Waals surface area contributed by atoms with E-state index in [1.54, 1.807) is 6.20 Å². The zero-order valence-electron chi connectivity index (χ0n) is 14.6. The number of hydrogen-bond donors (Lipinski definition) is 1. The quantitative estimate of drug-likeness (QED) is 0.775. The molecule has 132 valence electrons. The summed E-state index contributed by atoms with van der Waals surface area (Å²) in [4.78, 5) is 23.9. The maximum atomic E-state index is 13.1. The molecular weight excluding hydrogens is 344 g/mol. The van der Waals surface area contributed by atoms with Crippen LogP contribution in [0.3, 0.4) is 0 Å². The van der Waals surface area contributed by atoms with Gasteiger partial charge in [-0.1, -0.05) is 30.3 Å². The smallest absolute Gasteiger partial charge is 0.273 e. The minimum Gasteiger partial charge on any atom is -0.328 e. The first kappa shape index (κ1) is 16.9. The Morgan fingerprint density at radius 2 is 2.15 bits per heavy atom. The Morgan fingerprint density at radius 3 is 2.96 bits per heavy atom. The summed E-state index contributed by atoms with van der Waals surface area (Å²) in [5, 5.41) is 6.12. The van der Waals surface area contributed by atoms with Crippen LogP contribution >= 0.6 is 11.3 Å². The summed E-state index contributed by atoms with van der Waals surface area (Å²) in [7, 11) is 0. The first-order valence-electron chi connectivity index (χ1n) is 8.67. The molecule has 1 fully saturated rings. The van der Waals surface area contributed by atoms with Gasteiger partial charge in [0.05, 0.1) is 6.04 Å². The number of hydrogen-bond acceptors (Lipinski definition) is 5. The molecule has 0 spiro atoms. The predicted octanol–water partition coefficient (Wildman–Crippen LogP) is 3.30. The van der Waals surface area contributed by atoms with Crippen LogP contribution in [0.15, 0.2) is 54.2 Å². The number of carbonyl (C=O) groups is 1. The largest absolute Gasteiger partial charge is 0.328 e. The van der Waals surface area contributed by atoms with Gasteiger partial charge in [-0.2, -0.15) is 0 Å². The van der Waals surface area contributed by atoms with Gasteiger partial charge < -0.3 is 10.2 Å². The van der Waals surface area contributed by atoms with Crippen LogP contribution in [-0.4, -0.2) is 40.4 Å². The van der Waals surface area contributed by atoms with Gasteiger partial charge in [0.2, 0.25) is 0 Å². The molecule has 0 aliphatic carbocycles. The van der Waals surface area contributed by atoms with Crippen molar-refractivity contribution < 1.29 is 4.79 Å². The Morgan fingerprint density at radius 1 is 1.27 bits per heavy atom. The number of amides is 1. The molecule has 1 aliphatic heterocycles. The molecule has 1 saturated heterocycles. The normalized spacial score (nSPS) is 17.3. The highest BCUT2D eigenvalue weighted by Crippen LogP contribution is 2.29. The van der Waals surface area contributed by atoms with Crippen molar-refractivity contribution in [3.63, 3.8) is 0 Å². The van der Waals surface area contributed by atoms with E-state index in [1.165, 1.54) is 11.3 Å². The Balaban J connectivity index is 1.61. The molecule has 1 N–H and O–H groups in total. The third-order valence-electron chi connectivity index (χ3n) is 4.67. The van der Waals surface area contributed by atoms with E-state index in [0.717, 1.165) is 34.8 Å². The van der Waals surface area contributed by atoms with Crippen LogP contribution in [0.25, 0.3) is 10.6 Å². The second-order valence-electron chi connectivity index (χ2n) is 6.36. The molecule has 4 rings (SSSR count). The van der Waals surface area contributed by atoms with Crippen molar-refractivity contribution >= 4 is 17.2 Å². The van der Waals surface area contributed by atoms with E-state index in [9.17, 15) is 4.79 Å². The summed E-state index contributed by atoms with van der Waals surface area (Å²) in [5.41, 5.74) is 3.81. The van der Waals surface area contributed by atoms with Gasteiger partial charge in [-0.3, -0.25) is 9.78 Å². The molecule has 0 radical (unpaired) electrons. The number of thiazole rings is 1. The van der Waals surface area contributed by atoms with Crippen molar-refractivity contribution in [2.45, 2.75) is 13.0 Å². The van der Waals surface area contributed by atoms with Crippen LogP contribution in [0.1, 0.15) is 27.7 Å². The third-order valence-corrected chi connectivity index (χ3v) is 5.55. The third kappa shape index (κ3) is 3.25. The number of nitrogens with zero attached hydrogens (tertiary/aromatic N) is 3. The predicted molar refractivity (Wildman–Crippen MR) is 103 cm³/mol. The number of aromatic nitrogens is 2. The van der Waals surface area contributed by atoms with Gasteiger partial charge in [0.25, 0.3) is 5.91 Å². The zero-order chi connectivity index (χ0) is 17.9. The molecule has 5 nitrogen and oxygen atoms in total.